The maximum absolute atomic E-state index is 11.8. The number of aromatic hydroxyl groups is 1. The maximum atomic E-state index is 11.8. The number of carbonyl (C=O) groups excluding carboxylic acids is 2. The fraction of sp³-hybridized carbons (Fsp3) is 0.308. The minimum absolute atomic E-state index is 0.131. The second kappa shape index (κ2) is 6.29. The number of carbonyl (C=O) groups is 3. The molecule has 0 aromatic heterocycles. The third kappa shape index (κ3) is 3.19. The van der Waals surface area contributed by atoms with Crippen molar-refractivity contribution in [2.75, 3.05) is 5.12 Å². The Kier molecular flexibility index (Phi) is 4.42. The van der Waals surface area contributed by atoms with E-state index in [0.717, 1.165) is 0 Å². The van der Waals surface area contributed by atoms with E-state index >= 15 is 0 Å². The lowest BCUT2D eigenvalue weighted by atomic mass is 10.1. The van der Waals surface area contributed by atoms with Crippen LogP contribution in [0.2, 0.25) is 0 Å². The highest BCUT2D eigenvalue weighted by molar-refractivity contribution is 6.06. The number of amides is 2. The van der Waals surface area contributed by atoms with Gasteiger partial charge in [-0.2, -0.15) is 0 Å². The van der Waals surface area contributed by atoms with Crippen LogP contribution in [0.3, 0.4) is 0 Å². The zero-order valence-corrected chi connectivity index (χ0v) is 11.8. The van der Waals surface area contributed by atoms with Crippen LogP contribution in [0.5, 0.6) is 5.75 Å². The summed E-state index contributed by atoms with van der Waals surface area (Å²) >= 11 is 0. The second-order valence-electron chi connectivity index (χ2n) is 4.86. The van der Waals surface area contributed by atoms with Crippen molar-refractivity contribution in [3.05, 3.63) is 28.8 Å². The summed E-state index contributed by atoms with van der Waals surface area (Å²) in [4.78, 5) is 34.1. The predicted molar refractivity (Wildman–Crippen MR) is 74.1 cm³/mol. The second-order valence-corrected chi connectivity index (χ2v) is 4.86. The van der Waals surface area contributed by atoms with Crippen molar-refractivity contribution in [2.45, 2.75) is 25.4 Å². The number of aliphatic hydroxyl groups excluding tert-OH is 1. The quantitative estimate of drug-likeness (QED) is 0.390. The van der Waals surface area contributed by atoms with Crippen LogP contribution in [0.4, 0.5) is 5.69 Å². The highest BCUT2D eigenvalue weighted by atomic mass is 16.4. The normalized spacial score (nSPS) is 17.2. The van der Waals surface area contributed by atoms with E-state index in [2.05, 4.69) is 5.08 Å². The van der Waals surface area contributed by atoms with Crippen LogP contribution < -0.4 is 5.12 Å². The fourth-order valence-corrected chi connectivity index (χ4v) is 2.13. The van der Waals surface area contributed by atoms with Gasteiger partial charge in [0.25, 0.3) is 17.2 Å². The number of phenols is 1. The van der Waals surface area contributed by atoms with Crippen LogP contribution in [0, 0.1) is 5.39 Å². The van der Waals surface area contributed by atoms with E-state index in [0.29, 0.717) is 15.7 Å². The van der Waals surface area contributed by atoms with Gasteiger partial charge < -0.3 is 15.3 Å². The summed E-state index contributed by atoms with van der Waals surface area (Å²) in [5.41, 5.74) is 0.277. The van der Waals surface area contributed by atoms with Crippen molar-refractivity contribution in [3.63, 3.8) is 0 Å². The Morgan fingerprint density at radius 1 is 1.43 bits per heavy atom. The van der Waals surface area contributed by atoms with Gasteiger partial charge >= 0.3 is 11.1 Å². The number of benzene rings is 1. The van der Waals surface area contributed by atoms with Crippen LogP contribution in [-0.4, -0.2) is 44.2 Å². The number of anilines is 1. The van der Waals surface area contributed by atoms with Gasteiger partial charge in [0, 0.05) is 6.42 Å². The van der Waals surface area contributed by atoms with E-state index < -0.39 is 36.1 Å². The molecule has 1 aliphatic rings. The Labute approximate surface area is 129 Å². The average molecular weight is 321 g/mol. The molecule has 1 heterocycles. The standard InChI is InChI=1S/C13H12N4O6/c14-15-17(16-11(20)6-10(19)13(16)23)8-5-7(1-3-9(8)18)2-4-12(21)22/h1,3,5,10,19H,2,4,6H2,(H-,18,21,22)/p+1. The summed E-state index contributed by atoms with van der Waals surface area (Å²) in [5, 5.41) is 40.7. The van der Waals surface area contributed by atoms with Crippen LogP contribution in [0.1, 0.15) is 18.4 Å². The highest BCUT2D eigenvalue weighted by Crippen LogP contribution is 2.32. The third-order valence-electron chi connectivity index (χ3n) is 3.26. The Balaban J connectivity index is 2.36. The minimum Gasteiger partial charge on any atom is -0.505 e. The van der Waals surface area contributed by atoms with E-state index in [1.165, 1.54) is 18.2 Å². The number of aliphatic hydroxyl groups is 1. The van der Waals surface area contributed by atoms with Gasteiger partial charge in [0.05, 0.1) is 6.42 Å². The molecule has 1 unspecified atom stereocenters. The number of rotatable bonds is 5. The van der Waals surface area contributed by atoms with Crippen LogP contribution in [0.25, 0.3) is 5.08 Å². The largest absolute Gasteiger partial charge is 0.505 e. The molecule has 23 heavy (non-hydrogen) atoms. The van der Waals surface area contributed by atoms with Crippen molar-refractivity contribution in [1.29, 1.82) is 5.39 Å². The van der Waals surface area contributed by atoms with Crippen molar-refractivity contribution < 1.29 is 29.7 Å². The molecule has 1 saturated heterocycles. The summed E-state index contributed by atoms with van der Waals surface area (Å²) < 4.78 is 0. The number of hydrazine groups is 1. The summed E-state index contributed by atoms with van der Waals surface area (Å²) in [6.45, 7) is 0. The molecule has 0 spiro atoms. The molecular weight excluding hydrogens is 308 g/mol. The number of aryl methyl sites for hydroxylation is 1. The summed E-state index contributed by atoms with van der Waals surface area (Å²) in [5.74, 6) is -3.22. The molecule has 2 rings (SSSR count). The average Bonchev–Trinajstić information content (AvgIpc) is 2.74. The molecule has 0 aliphatic carbocycles. The van der Waals surface area contributed by atoms with E-state index in [1.54, 1.807) is 0 Å². The van der Waals surface area contributed by atoms with E-state index in [1.807, 2.05) is 0 Å². The molecule has 3 N–H and O–H groups in total. The van der Waals surface area contributed by atoms with Gasteiger partial charge in [-0.05, 0) is 24.1 Å². The molecule has 2 amide bonds. The monoisotopic (exact) mass is 321 g/mol. The molecule has 1 aliphatic heterocycles. The summed E-state index contributed by atoms with van der Waals surface area (Å²) in [6, 6.07) is 3.95. The topological polar surface area (TPSA) is 147 Å². The predicted octanol–water partition coefficient (Wildman–Crippen LogP) is 0.0187. The number of carboxylic acid groups (broad SMARTS) is 1. The smallest absolute Gasteiger partial charge is 0.334 e. The summed E-state index contributed by atoms with van der Waals surface area (Å²) in [6.07, 6.45) is -2.05. The van der Waals surface area contributed by atoms with Crippen molar-refractivity contribution >= 4 is 23.5 Å². The number of hydrogen-bond donors (Lipinski definition) is 3. The van der Waals surface area contributed by atoms with Gasteiger partial charge in [-0.1, -0.05) is 6.07 Å². The van der Waals surface area contributed by atoms with E-state index in [9.17, 15) is 24.6 Å². The molecule has 1 atom stereocenters. The summed E-state index contributed by atoms with van der Waals surface area (Å²) in [7, 11) is 0. The molecule has 10 heteroatoms. The molecule has 1 aromatic carbocycles. The van der Waals surface area contributed by atoms with E-state index in [-0.39, 0.29) is 18.5 Å². The molecule has 0 bridgehead atoms. The number of imide groups is 1. The van der Waals surface area contributed by atoms with Gasteiger partial charge in [0.1, 0.15) is 17.0 Å². The Hall–Kier alpha value is -3.19. The number of diazo groups is 1. The van der Waals surface area contributed by atoms with Crippen LogP contribution in [0.15, 0.2) is 18.2 Å². The lowest BCUT2D eigenvalue weighted by Crippen LogP contribution is -2.43. The van der Waals surface area contributed by atoms with Crippen molar-refractivity contribution in [2.24, 2.45) is 0 Å². The molecule has 0 radical (unpaired) electrons. The maximum Gasteiger partial charge on any atom is 0.334 e. The molecule has 1 fully saturated rings. The van der Waals surface area contributed by atoms with Crippen molar-refractivity contribution in [1.82, 2.24) is 5.01 Å². The van der Waals surface area contributed by atoms with E-state index in [4.69, 9.17) is 10.5 Å². The van der Waals surface area contributed by atoms with Gasteiger partial charge in [-0.3, -0.25) is 14.4 Å². The van der Waals surface area contributed by atoms with Gasteiger partial charge in [0.2, 0.25) is 0 Å². The Morgan fingerprint density at radius 3 is 2.65 bits per heavy atom. The van der Waals surface area contributed by atoms with Crippen LogP contribution in [-0.2, 0) is 20.8 Å². The van der Waals surface area contributed by atoms with Gasteiger partial charge in [0.15, 0.2) is 5.69 Å². The zero-order chi connectivity index (χ0) is 17.1. The minimum atomic E-state index is -1.55. The van der Waals surface area contributed by atoms with Gasteiger partial charge in [-0.15, -0.1) is 5.01 Å². The third-order valence-corrected chi connectivity index (χ3v) is 3.26. The fourth-order valence-electron chi connectivity index (χ4n) is 2.13. The first-order valence-corrected chi connectivity index (χ1v) is 6.58. The molecule has 10 nitrogen and oxygen atoms in total. The first kappa shape index (κ1) is 16.2. The number of phenolic OH excluding ortho intramolecular Hbond substituents is 1. The number of nitrogens with zero attached hydrogens (tertiary/aromatic N) is 4. The number of carboxylic acids is 1. The SMILES string of the molecule is N#[N+]N(c1cc(CCC(=O)O)ccc1O)N1C(=O)CC(O)C1=O. The number of aliphatic carboxylic acids is 1. The first-order valence-electron chi connectivity index (χ1n) is 6.58. The number of hydrogen-bond acceptors (Lipinski definition) is 7. The lowest BCUT2D eigenvalue weighted by Gasteiger charge is -2.15. The highest BCUT2D eigenvalue weighted by Gasteiger charge is 2.47. The lowest BCUT2D eigenvalue weighted by molar-refractivity contribution is -0.141. The van der Waals surface area contributed by atoms with Crippen molar-refractivity contribution in [3.8, 4) is 5.75 Å². The Morgan fingerprint density at radius 2 is 2.13 bits per heavy atom. The molecule has 1 aromatic rings. The zero-order valence-electron chi connectivity index (χ0n) is 11.8. The first-order chi connectivity index (χ1) is 10.8. The molecule has 0 saturated carbocycles. The van der Waals surface area contributed by atoms with Gasteiger partial charge in [-0.25, -0.2) is 0 Å². The Bertz CT molecular complexity index is 713. The van der Waals surface area contributed by atoms with Crippen LogP contribution >= 0.6 is 0 Å². The molecule has 120 valence electrons. The molecular formula is C13H13N4O6+.